The molecule has 0 radical (unpaired) electrons. The maximum Gasteiger partial charge on any atom is 0.417 e. The molecule has 0 aliphatic carbocycles. The predicted molar refractivity (Wildman–Crippen MR) is 123 cm³/mol. The van der Waals surface area contributed by atoms with Gasteiger partial charge in [-0.1, -0.05) is 6.07 Å². The molecule has 0 saturated carbocycles. The van der Waals surface area contributed by atoms with Crippen molar-refractivity contribution in [2.75, 3.05) is 5.73 Å². The molecule has 5 rings (SSSR count). The number of rotatable bonds is 4. The number of halogens is 5. The van der Waals surface area contributed by atoms with Gasteiger partial charge in [0, 0.05) is 18.9 Å². The number of aryl methyl sites for hydroxylation is 1. The van der Waals surface area contributed by atoms with Gasteiger partial charge in [-0.2, -0.15) is 22.0 Å². The molecule has 0 aliphatic heterocycles. The van der Waals surface area contributed by atoms with E-state index in [2.05, 4.69) is 14.7 Å². The molecule has 7 nitrogen and oxygen atoms in total. The number of nitrogen functional groups attached to an aromatic ring is 1. The predicted octanol–water partition coefficient (Wildman–Crippen LogP) is 5.14. The van der Waals surface area contributed by atoms with Gasteiger partial charge < -0.3 is 15.0 Å². The summed E-state index contributed by atoms with van der Waals surface area (Å²) < 4.78 is 72.6. The van der Waals surface area contributed by atoms with E-state index in [-0.39, 0.29) is 33.7 Å². The summed E-state index contributed by atoms with van der Waals surface area (Å²) in [6.45, 7) is -3.07. The van der Waals surface area contributed by atoms with Gasteiger partial charge in [-0.05, 0) is 48.0 Å². The van der Waals surface area contributed by atoms with E-state index in [0.29, 0.717) is 22.8 Å². The lowest BCUT2D eigenvalue weighted by atomic mass is 10.0. The van der Waals surface area contributed by atoms with E-state index in [0.717, 1.165) is 10.6 Å². The molecule has 0 atom stereocenters. The molecular formula is C24H16F5N5O2. The van der Waals surface area contributed by atoms with Crippen molar-refractivity contribution in [1.29, 1.82) is 0 Å². The summed E-state index contributed by atoms with van der Waals surface area (Å²) in [4.78, 5) is 22.0. The van der Waals surface area contributed by atoms with Gasteiger partial charge in [0.15, 0.2) is 0 Å². The Labute approximate surface area is 199 Å². The van der Waals surface area contributed by atoms with Gasteiger partial charge in [0.05, 0.1) is 39.7 Å². The maximum absolute atomic E-state index is 13.8. The monoisotopic (exact) mass is 501 g/mol. The van der Waals surface area contributed by atoms with Crippen molar-refractivity contribution >= 4 is 27.8 Å². The summed E-state index contributed by atoms with van der Waals surface area (Å²) in [5, 5.41) is 0. The Bertz CT molecular complexity index is 1670. The number of benzene rings is 2. The second-order valence-corrected chi connectivity index (χ2v) is 7.95. The van der Waals surface area contributed by atoms with Gasteiger partial charge in [0.2, 0.25) is 0 Å². The zero-order valence-corrected chi connectivity index (χ0v) is 18.4. The third kappa shape index (κ3) is 3.89. The molecule has 0 aliphatic rings. The Morgan fingerprint density at radius 3 is 2.39 bits per heavy atom. The Morgan fingerprint density at radius 1 is 1.00 bits per heavy atom. The average molecular weight is 501 g/mol. The van der Waals surface area contributed by atoms with Crippen LogP contribution in [-0.2, 0) is 13.2 Å². The molecule has 0 unspecified atom stereocenters. The van der Waals surface area contributed by atoms with Gasteiger partial charge in [-0.25, -0.2) is 4.98 Å². The molecule has 0 saturated heterocycles. The summed E-state index contributed by atoms with van der Waals surface area (Å²) >= 11 is 0. The fourth-order valence-corrected chi connectivity index (χ4v) is 4.03. The molecule has 184 valence electrons. The molecule has 12 heteroatoms. The molecule has 3 aromatic heterocycles. The van der Waals surface area contributed by atoms with Crippen molar-refractivity contribution in [3.8, 4) is 22.6 Å². The topological polar surface area (TPSA) is 88.0 Å². The van der Waals surface area contributed by atoms with Crippen LogP contribution in [0.1, 0.15) is 5.56 Å². The zero-order chi connectivity index (χ0) is 25.8. The van der Waals surface area contributed by atoms with Gasteiger partial charge in [-0.3, -0.25) is 14.3 Å². The first kappa shape index (κ1) is 23.3. The first-order valence-electron chi connectivity index (χ1n) is 10.4. The standard InChI is InChI=1S/C24H16F5N5O2/c1-33-11-32-16-7-2-12(8-17(16)33)19-20(30)21-18(9-13(10-31-21)24(27,28)29)34(22(19)35)14-3-5-15(6-4-14)36-23(25)26/h2-11,23H,30H2,1H3. The summed E-state index contributed by atoms with van der Waals surface area (Å²) in [6.07, 6.45) is -2.49. The summed E-state index contributed by atoms with van der Waals surface area (Å²) in [5.74, 6) is -0.183. The first-order valence-corrected chi connectivity index (χ1v) is 10.4. The highest BCUT2D eigenvalue weighted by molar-refractivity contribution is 5.98. The second-order valence-electron chi connectivity index (χ2n) is 7.95. The molecular weight excluding hydrogens is 485 g/mol. The number of hydrogen-bond donors (Lipinski definition) is 1. The Balaban J connectivity index is 1.83. The minimum Gasteiger partial charge on any atom is -0.435 e. The van der Waals surface area contributed by atoms with Crippen LogP contribution < -0.4 is 16.0 Å². The van der Waals surface area contributed by atoms with Gasteiger partial charge in [0.25, 0.3) is 5.56 Å². The summed E-state index contributed by atoms with van der Waals surface area (Å²) in [7, 11) is 1.77. The number of imidazole rings is 1. The van der Waals surface area contributed by atoms with Crippen LogP contribution in [0.2, 0.25) is 0 Å². The summed E-state index contributed by atoms with van der Waals surface area (Å²) in [5.41, 5.74) is 6.09. The lowest BCUT2D eigenvalue weighted by Gasteiger charge is -2.17. The fraction of sp³-hybridized carbons (Fsp3) is 0.125. The highest BCUT2D eigenvalue weighted by atomic mass is 19.4. The third-order valence-corrected chi connectivity index (χ3v) is 5.71. The van der Waals surface area contributed by atoms with Crippen LogP contribution in [0.5, 0.6) is 5.75 Å². The van der Waals surface area contributed by atoms with Crippen molar-refractivity contribution in [1.82, 2.24) is 19.1 Å². The molecule has 5 aromatic rings. The van der Waals surface area contributed by atoms with Crippen LogP contribution in [0.25, 0.3) is 38.9 Å². The normalized spacial score (nSPS) is 12.1. The number of pyridine rings is 2. The van der Waals surface area contributed by atoms with Crippen molar-refractivity contribution in [3.63, 3.8) is 0 Å². The Morgan fingerprint density at radius 2 is 1.72 bits per heavy atom. The molecule has 0 spiro atoms. The van der Waals surface area contributed by atoms with Crippen LogP contribution in [0.3, 0.4) is 0 Å². The highest BCUT2D eigenvalue weighted by Crippen LogP contribution is 2.35. The van der Waals surface area contributed by atoms with E-state index >= 15 is 0 Å². The van der Waals surface area contributed by atoms with Crippen LogP contribution in [-0.4, -0.2) is 25.7 Å². The van der Waals surface area contributed by atoms with E-state index in [4.69, 9.17) is 5.73 Å². The van der Waals surface area contributed by atoms with Crippen molar-refractivity contribution in [2.45, 2.75) is 12.8 Å². The number of aromatic nitrogens is 4. The molecule has 0 bridgehead atoms. The Kier molecular flexibility index (Phi) is 5.38. The Hall–Kier alpha value is -4.48. The lowest BCUT2D eigenvalue weighted by Crippen LogP contribution is -2.23. The average Bonchev–Trinajstić information content (AvgIpc) is 3.19. The molecule has 2 N–H and O–H groups in total. The number of nitrogens with two attached hydrogens (primary N) is 1. The molecule has 2 aromatic carbocycles. The fourth-order valence-electron chi connectivity index (χ4n) is 4.03. The smallest absolute Gasteiger partial charge is 0.417 e. The van der Waals surface area contributed by atoms with Crippen LogP contribution in [0.15, 0.2) is 65.8 Å². The molecule has 36 heavy (non-hydrogen) atoms. The van der Waals surface area contributed by atoms with E-state index in [1.165, 1.54) is 24.3 Å². The number of nitrogens with zero attached hydrogens (tertiary/aromatic N) is 4. The minimum absolute atomic E-state index is 0.0192. The second kappa shape index (κ2) is 8.33. The zero-order valence-electron chi connectivity index (χ0n) is 18.4. The highest BCUT2D eigenvalue weighted by Gasteiger charge is 2.32. The number of fused-ring (bicyclic) bond motifs is 2. The largest absolute Gasteiger partial charge is 0.435 e. The van der Waals surface area contributed by atoms with Gasteiger partial charge in [0.1, 0.15) is 11.3 Å². The van der Waals surface area contributed by atoms with Crippen LogP contribution in [0.4, 0.5) is 27.6 Å². The van der Waals surface area contributed by atoms with Crippen molar-refractivity contribution < 1.29 is 26.7 Å². The number of alkyl halides is 5. The maximum atomic E-state index is 13.8. The minimum atomic E-state index is -4.73. The van der Waals surface area contributed by atoms with E-state index in [9.17, 15) is 26.7 Å². The SMILES string of the molecule is Cn1cnc2ccc(-c3c(N)c4ncc(C(F)(F)F)cc4n(-c4ccc(OC(F)F)cc4)c3=O)cc21. The molecule has 0 fully saturated rings. The number of anilines is 1. The van der Waals surface area contributed by atoms with Crippen molar-refractivity contribution in [3.05, 3.63) is 77.0 Å². The number of ether oxygens (including phenoxy) is 1. The molecule has 3 heterocycles. The van der Waals surface area contributed by atoms with Gasteiger partial charge >= 0.3 is 12.8 Å². The number of hydrogen-bond acceptors (Lipinski definition) is 5. The van der Waals surface area contributed by atoms with E-state index in [1.807, 2.05) is 0 Å². The van der Waals surface area contributed by atoms with Crippen LogP contribution in [0, 0.1) is 0 Å². The van der Waals surface area contributed by atoms with E-state index < -0.39 is 23.9 Å². The third-order valence-electron chi connectivity index (χ3n) is 5.71. The molecule has 0 amide bonds. The summed E-state index contributed by atoms with van der Waals surface area (Å²) in [6, 6.07) is 10.7. The van der Waals surface area contributed by atoms with Crippen LogP contribution >= 0.6 is 0 Å². The van der Waals surface area contributed by atoms with Gasteiger partial charge in [-0.15, -0.1) is 0 Å². The first-order chi connectivity index (χ1) is 17.0. The quantitative estimate of drug-likeness (QED) is 0.345. The van der Waals surface area contributed by atoms with Crippen molar-refractivity contribution in [2.24, 2.45) is 7.05 Å². The lowest BCUT2D eigenvalue weighted by molar-refractivity contribution is -0.137. The van der Waals surface area contributed by atoms with E-state index in [1.54, 1.807) is 36.1 Å².